The second-order valence-corrected chi connectivity index (χ2v) is 5.09. The maximum absolute atomic E-state index is 6.19. The van der Waals surface area contributed by atoms with Crippen molar-refractivity contribution in [2.24, 2.45) is 0 Å². The third-order valence-electron chi connectivity index (χ3n) is 3.46. The van der Waals surface area contributed by atoms with E-state index >= 15 is 0 Å². The Hall–Kier alpha value is -1.32. The van der Waals surface area contributed by atoms with E-state index in [4.69, 9.17) is 11.6 Å². The molecule has 3 rings (SSSR count). The highest BCUT2D eigenvalue weighted by atomic mass is 35.5. The maximum Gasteiger partial charge on any atom is 0.0501 e. The Labute approximate surface area is 112 Å². The lowest BCUT2D eigenvalue weighted by atomic mass is 10.0. The number of rotatable bonds is 2. The monoisotopic (exact) mass is 261 g/mol. The minimum atomic E-state index is 0.545. The Balaban J connectivity index is 1.94. The molecule has 2 heterocycles. The van der Waals surface area contributed by atoms with Crippen LogP contribution in [0.2, 0.25) is 5.02 Å². The second kappa shape index (κ2) is 5.12. The van der Waals surface area contributed by atoms with Gasteiger partial charge in [0.05, 0.1) is 5.02 Å². The molecule has 2 aromatic rings. The zero-order valence-electron chi connectivity index (χ0n) is 10.1. The number of aromatic nitrogens is 1. The number of fused-ring (bicyclic) bond motifs is 1. The molecule has 94 valence electrons. The van der Waals surface area contributed by atoms with Gasteiger partial charge in [0.25, 0.3) is 0 Å². The number of nitrogens with zero attached hydrogens (tertiary/aromatic N) is 1. The number of pyridine rings is 1. The van der Waals surface area contributed by atoms with E-state index in [-0.39, 0.29) is 0 Å². The summed E-state index contributed by atoms with van der Waals surface area (Å²) in [7, 11) is 0. The predicted molar refractivity (Wildman–Crippen MR) is 76.3 cm³/mol. The summed E-state index contributed by atoms with van der Waals surface area (Å²) < 4.78 is 0. The van der Waals surface area contributed by atoms with Crippen LogP contribution in [-0.2, 0) is 0 Å². The summed E-state index contributed by atoms with van der Waals surface area (Å²) in [6, 6.07) is 6.57. The van der Waals surface area contributed by atoms with Crippen molar-refractivity contribution in [3.05, 3.63) is 35.6 Å². The van der Waals surface area contributed by atoms with Crippen molar-refractivity contribution in [2.75, 3.05) is 18.4 Å². The quantitative estimate of drug-likeness (QED) is 0.873. The Morgan fingerprint density at radius 3 is 2.83 bits per heavy atom. The minimum Gasteiger partial charge on any atom is -0.382 e. The molecule has 1 aromatic carbocycles. The lowest BCUT2D eigenvalue weighted by Crippen LogP contribution is -2.35. The fraction of sp³-hybridized carbons (Fsp3) is 0.357. The first-order valence-corrected chi connectivity index (χ1v) is 6.72. The maximum atomic E-state index is 6.19. The van der Waals surface area contributed by atoms with Crippen LogP contribution >= 0.6 is 11.6 Å². The van der Waals surface area contributed by atoms with Gasteiger partial charge < -0.3 is 10.6 Å². The first-order valence-electron chi connectivity index (χ1n) is 6.34. The molecular formula is C14H16ClN3. The van der Waals surface area contributed by atoms with Crippen molar-refractivity contribution in [2.45, 2.75) is 18.9 Å². The molecular weight excluding hydrogens is 246 g/mol. The highest BCUT2D eigenvalue weighted by Gasteiger charge is 2.14. The smallest absolute Gasteiger partial charge is 0.0501 e. The predicted octanol–water partition coefficient (Wildman–Crippen LogP) is 3.05. The molecule has 1 aliphatic heterocycles. The summed E-state index contributed by atoms with van der Waals surface area (Å²) in [6.45, 7) is 2.18. The zero-order chi connectivity index (χ0) is 12.4. The topological polar surface area (TPSA) is 37.0 Å². The SMILES string of the molecule is Clc1ccc(NC2CCNCC2)c2ccncc12. The number of halogens is 1. The number of hydrogen-bond acceptors (Lipinski definition) is 3. The first-order chi connectivity index (χ1) is 8.84. The molecule has 0 amide bonds. The van der Waals surface area contributed by atoms with Crippen LogP contribution in [0.15, 0.2) is 30.6 Å². The van der Waals surface area contributed by atoms with Crippen LogP contribution in [0.4, 0.5) is 5.69 Å². The van der Waals surface area contributed by atoms with E-state index in [9.17, 15) is 0 Å². The molecule has 0 spiro atoms. The van der Waals surface area contributed by atoms with Gasteiger partial charge in [-0.25, -0.2) is 0 Å². The summed E-state index contributed by atoms with van der Waals surface area (Å²) in [6.07, 6.45) is 5.96. The molecule has 18 heavy (non-hydrogen) atoms. The average molecular weight is 262 g/mol. The second-order valence-electron chi connectivity index (χ2n) is 4.68. The van der Waals surface area contributed by atoms with E-state index in [1.54, 1.807) is 0 Å². The Kier molecular flexibility index (Phi) is 3.35. The van der Waals surface area contributed by atoms with Gasteiger partial charge in [-0.05, 0) is 44.1 Å². The van der Waals surface area contributed by atoms with Gasteiger partial charge in [-0.3, -0.25) is 4.98 Å². The highest BCUT2D eigenvalue weighted by Crippen LogP contribution is 2.29. The van der Waals surface area contributed by atoms with Gasteiger partial charge in [-0.1, -0.05) is 11.6 Å². The third kappa shape index (κ3) is 2.28. The van der Waals surface area contributed by atoms with Crippen LogP contribution in [0.1, 0.15) is 12.8 Å². The van der Waals surface area contributed by atoms with Crippen LogP contribution in [0.3, 0.4) is 0 Å². The van der Waals surface area contributed by atoms with E-state index in [1.165, 1.54) is 0 Å². The van der Waals surface area contributed by atoms with E-state index in [0.29, 0.717) is 6.04 Å². The first kappa shape index (κ1) is 11.8. The van der Waals surface area contributed by atoms with Gasteiger partial charge in [-0.2, -0.15) is 0 Å². The molecule has 1 saturated heterocycles. The summed E-state index contributed by atoms with van der Waals surface area (Å²) in [5.74, 6) is 0. The van der Waals surface area contributed by atoms with Crippen molar-refractivity contribution in [3.8, 4) is 0 Å². The molecule has 1 fully saturated rings. The molecule has 1 aliphatic rings. The van der Waals surface area contributed by atoms with Crippen molar-refractivity contribution < 1.29 is 0 Å². The van der Waals surface area contributed by atoms with Crippen LogP contribution in [0, 0.1) is 0 Å². The lowest BCUT2D eigenvalue weighted by Gasteiger charge is -2.25. The fourth-order valence-electron chi connectivity index (χ4n) is 2.47. The van der Waals surface area contributed by atoms with Gasteiger partial charge in [0.2, 0.25) is 0 Å². The molecule has 0 unspecified atom stereocenters. The van der Waals surface area contributed by atoms with Crippen molar-refractivity contribution in [1.82, 2.24) is 10.3 Å². The molecule has 1 aromatic heterocycles. The van der Waals surface area contributed by atoms with E-state index in [2.05, 4.69) is 21.7 Å². The molecule has 0 atom stereocenters. The standard InChI is InChI=1S/C14H16ClN3/c15-13-1-2-14(11-5-8-17-9-12(11)13)18-10-3-6-16-7-4-10/h1-2,5,8-10,16,18H,3-4,6-7H2. The summed E-state index contributed by atoms with van der Waals surface area (Å²) >= 11 is 6.19. The van der Waals surface area contributed by atoms with E-state index in [1.807, 2.05) is 24.5 Å². The molecule has 0 aliphatic carbocycles. The van der Waals surface area contributed by atoms with Crippen molar-refractivity contribution in [3.63, 3.8) is 0 Å². The summed E-state index contributed by atoms with van der Waals surface area (Å²) in [5.41, 5.74) is 1.16. The lowest BCUT2D eigenvalue weighted by molar-refractivity contribution is 0.479. The molecule has 2 N–H and O–H groups in total. The largest absolute Gasteiger partial charge is 0.382 e. The minimum absolute atomic E-state index is 0.545. The van der Waals surface area contributed by atoms with Gasteiger partial charge in [0.1, 0.15) is 0 Å². The molecule has 4 heteroatoms. The van der Waals surface area contributed by atoms with E-state index in [0.717, 1.165) is 47.4 Å². The third-order valence-corrected chi connectivity index (χ3v) is 3.79. The Morgan fingerprint density at radius 2 is 2.00 bits per heavy atom. The van der Waals surface area contributed by atoms with Crippen LogP contribution < -0.4 is 10.6 Å². The van der Waals surface area contributed by atoms with Crippen LogP contribution in [0.5, 0.6) is 0 Å². The number of nitrogens with one attached hydrogen (secondary N) is 2. The van der Waals surface area contributed by atoms with Gasteiger partial charge in [0.15, 0.2) is 0 Å². The summed E-state index contributed by atoms with van der Waals surface area (Å²) in [5, 5.41) is 9.92. The fourth-order valence-corrected chi connectivity index (χ4v) is 2.68. The normalized spacial score (nSPS) is 16.9. The molecule has 3 nitrogen and oxygen atoms in total. The number of hydrogen-bond donors (Lipinski definition) is 2. The average Bonchev–Trinajstić information content (AvgIpc) is 2.44. The van der Waals surface area contributed by atoms with Crippen LogP contribution in [-0.4, -0.2) is 24.1 Å². The molecule has 0 bridgehead atoms. The zero-order valence-corrected chi connectivity index (χ0v) is 10.9. The number of anilines is 1. The van der Waals surface area contributed by atoms with Gasteiger partial charge >= 0.3 is 0 Å². The van der Waals surface area contributed by atoms with Gasteiger partial charge in [0, 0.05) is 34.9 Å². The Bertz CT molecular complexity index is 550. The van der Waals surface area contributed by atoms with Crippen molar-refractivity contribution in [1.29, 1.82) is 0 Å². The molecule has 0 saturated carbocycles. The van der Waals surface area contributed by atoms with E-state index < -0.39 is 0 Å². The highest BCUT2D eigenvalue weighted by molar-refractivity contribution is 6.36. The summed E-state index contributed by atoms with van der Waals surface area (Å²) in [4.78, 5) is 4.14. The molecule has 0 radical (unpaired) electrons. The number of piperidine rings is 1. The van der Waals surface area contributed by atoms with Crippen LogP contribution in [0.25, 0.3) is 10.8 Å². The number of benzene rings is 1. The van der Waals surface area contributed by atoms with Crippen molar-refractivity contribution >= 4 is 28.1 Å². The van der Waals surface area contributed by atoms with Gasteiger partial charge in [-0.15, -0.1) is 0 Å². The Morgan fingerprint density at radius 1 is 1.17 bits per heavy atom.